The average molecular weight is 306 g/mol. The van der Waals surface area contributed by atoms with Gasteiger partial charge in [0.15, 0.2) is 0 Å². The smallest absolute Gasteiger partial charge is 0.127 e. The first-order valence-electron chi connectivity index (χ1n) is 5.78. The molecule has 3 nitrogen and oxygen atoms in total. The van der Waals surface area contributed by atoms with Crippen LogP contribution in [0.1, 0.15) is 5.56 Å². The van der Waals surface area contributed by atoms with Gasteiger partial charge in [0, 0.05) is 43.1 Å². The molecule has 0 saturated carbocycles. The Bertz CT molecular complexity index is 528. The van der Waals surface area contributed by atoms with Crippen LogP contribution >= 0.6 is 15.9 Å². The molecule has 94 valence electrons. The number of aromatic nitrogens is 1. The summed E-state index contributed by atoms with van der Waals surface area (Å²) in [5.41, 5.74) is 2.42. The molecule has 2 aromatic rings. The van der Waals surface area contributed by atoms with Crippen molar-refractivity contribution in [2.75, 3.05) is 24.3 Å². The van der Waals surface area contributed by atoms with E-state index in [-0.39, 0.29) is 0 Å². The molecule has 0 aliphatic heterocycles. The monoisotopic (exact) mass is 305 g/mol. The van der Waals surface area contributed by atoms with Crippen LogP contribution in [0, 0.1) is 0 Å². The fraction of sp³-hybridized carbons (Fsp3) is 0.214. The maximum atomic E-state index is 4.22. The van der Waals surface area contributed by atoms with Crippen LogP contribution in [0.4, 0.5) is 11.5 Å². The minimum atomic E-state index is 0.868. The van der Waals surface area contributed by atoms with Crippen molar-refractivity contribution in [1.82, 2.24) is 4.98 Å². The summed E-state index contributed by atoms with van der Waals surface area (Å²) in [6.07, 6.45) is 1.82. The highest BCUT2D eigenvalue weighted by Gasteiger charge is 2.03. The molecule has 1 heterocycles. The summed E-state index contributed by atoms with van der Waals surface area (Å²) in [5.74, 6) is 0.883. The van der Waals surface area contributed by atoms with Crippen molar-refractivity contribution in [2.45, 2.75) is 6.54 Å². The Hall–Kier alpha value is -1.55. The maximum absolute atomic E-state index is 4.22. The van der Waals surface area contributed by atoms with Crippen molar-refractivity contribution in [2.24, 2.45) is 0 Å². The van der Waals surface area contributed by atoms with Gasteiger partial charge in [-0.3, -0.25) is 0 Å². The van der Waals surface area contributed by atoms with Crippen molar-refractivity contribution in [3.63, 3.8) is 0 Å². The van der Waals surface area contributed by atoms with E-state index in [0.717, 1.165) is 22.5 Å². The van der Waals surface area contributed by atoms with Crippen molar-refractivity contribution in [1.29, 1.82) is 0 Å². The quantitative estimate of drug-likeness (QED) is 0.937. The van der Waals surface area contributed by atoms with E-state index in [0.29, 0.717) is 0 Å². The molecular weight excluding hydrogens is 290 g/mol. The molecule has 0 bridgehead atoms. The summed E-state index contributed by atoms with van der Waals surface area (Å²) in [6, 6.07) is 12.4. The summed E-state index contributed by atoms with van der Waals surface area (Å²) in [7, 11) is 3.95. The lowest BCUT2D eigenvalue weighted by Crippen LogP contribution is -2.16. The first-order valence-corrected chi connectivity index (χ1v) is 6.58. The standard InChI is InChI=1S/C14H16BrN3/c1-16-14-9-13(6-7-17-14)18(2)10-11-4-3-5-12(15)8-11/h3-9H,10H2,1-2H3,(H,16,17). The molecule has 0 unspecified atom stereocenters. The second-order valence-electron chi connectivity index (χ2n) is 4.14. The maximum Gasteiger partial charge on any atom is 0.127 e. The predicted molar refractivity (Wildman–Crippen MR) is 80.0 cm³/mol. The SMILES string of the molecule is CNc1cc(N(C)Cc2cccc(Br)c2)ccn1. The van der Waals surface area contributed by atoms with Gasteiger partial charge in [0.2, 0.25) is 0 Å². The minimum Gasteiger partial charge on any atom is -0.373 e. The number of hydrogen-bond donors (Lipinski definition) is 1. The molecule has 0 aliphatic rings. The van der Waals surface area contributed by atoms with Gasteiger partial charge in [-0.25, -0.2) is 4.98 Å². The summed E-state index contributed by atoms with van der Waals surface area (Å²) >= 11 is 3.49. The molecule has 0 fully saturated rings. The summed E-state index contributed by atoms with van der Waals surface area (Å²) in [6.45, 7) is 0.868. The minimum absolute atomic E-state index is 0.868. The largest absolute Gasteiger partial charge is 0.373 e. The van der Waals surface area contributed by atoms with E-state index in [2.05, 4.69) is 56.4 Å². The van der Waals surface area contributed by atoms with Gasteiger partial charge < -0.3 is 10.2 Å². The van der Waals surface area contributed by atoms with Gasteiger partial charge in [0.1, 0.15) is 5.82 Å². The van der Waals surface area contributed by atoms with Crippen molar-refractivity contribution < 1.29 is 0 Å². The first kappa shape index (κ1) is 12.9. The van der Waals surface area contributed by atoms with Gasteiger partial charge in [-0.2, -0.15) is 0 Å². The highest BCUT2D eigenvalue weighted by atomic mass is 79.9. The third-order valence-electron chi connectivity index (χ3n) is 2.75. The highest BCUT2D eigenvalue weighted by molar-refractivity contribution is 9.10. The number of benzene rings is 1. The Kier molecular flexibility index (Phi) is 4.20. The van der Waals surface area contributed by atoms with E-state index < -0.39 is 0 Å². The molecule has 0 spiro atoms. The fourth-order valence-corrected chi connectivity index (χ4v) is 2.24. The molecule has 0 radical (unpaired) electrons. The van der Waals surface area contributed by atoms with Gasteiger partial charge in [-0.15, -0.1) is 0 Å². The molecule has 0 aliphatic carbocycles. The fourth-order valence-electron chi connectivity index (χ4n) is 1.79. The van der Waals surface area contributed by atoms with E-state index in [1.807, 2.05) is 31.4 Å². The van der Waals surface area contributed by atoms with Crippen LogP contribution in [0.2, 0.25) is 0 Å². The average Bonchev–Trinajstić information content (AvgIpc) is 2.39. The number of hydrogen-bond acceptors (Lipinski definition) is 3. The number of anilines is 2. The second-order valence-corrected chi connectivity index (χ2v) is 5.05. The normalized spacial score (nSPS) is 10.2. The first-order chi connectivity index (χ1) is 8.69. The molecule has 0 amide bonds. The van der Waals surface area contributed by atoms with Crippen LogP contribution in [-0.2, 0) is 6.54 Å². The molecule has 0 saturated heterocycles. The lowest BCUT2D eigenvalue weighted by molar-refractivity contribution is 0.920. The lowest BCUT2D eigenvalue weighted by atomic mass is 10.2. The molecule has 4 heteroatoms. The summed E-state index contributed by atoms with van der Waals surface area (Å²) in [5, 5.41) is 3.05. The third-order valence-corrected chi connectivity index (χ3v) is 3.24. The Balaban J connectivity index is 2.13. The highest BCUT2D eigenvalue weighted by Crippen LogP contribution is 2.19. The summed E-state index contributed by atoms with van der Waals surface area (Å²) < 4.78 is 1.11. The number of pyridine rings is 1. The predicted octanol–water partition coefficient (Wildman–Crippen LogP) is 3.52. The second kappa shape index (κ2) is 5.87. The Morgan fingerprint density at radius 1 is 1.28 bits per heavy atom. The van der Waals surface area contributed by atoms with E-state index >= 15 is 0 Å². The van der Waals surface area contributed by atoms with Gasteiger partial charge in [0.05, 0.1) is 0 Å². The van der Waals surface area contributed by atoms with Crippen molar-refractivity contribution >= 4 is 27.4 Å². The Morgan fingerprint density at radius 3 is 2.83 bits per heavy atom. The van der Waals surface area contributed by atoms with E-state index in [9.17, 15) is 0 Å². The molecule has 1 N–H and O–H groups in total. The van der Waals surface area contributed by atoms with Crippen molar-refractivity contribution in [3.05, 3.63) is 52.6 Å². The van der Waals surface area contributed by atoms with Crippen LogP contribution < -0.4 is 10.2 Å². The number of nitrogens with one attached hydrogen (secondary N) is 1. The molecule has 2 rings (SSSR count). The van der Waals surface area contributed by atoms with E-state index in [1.165, 1.54) is 5.56 Å². The number of rotatable bonds is 4. The molecule has 1 aromatic carbocycles. The topological polar surface area (TPSA) is 28.2 Å². The van der Waals surface area contributed by atoms with Crippen molar-refractivity contribution in [3.8, 4) is 0 Å². The van der Waals surface area contributed by atoms with E-state index in [1.54, 1.807) is 0 Å². The van der Waals surface area contributed by atoms with Crippen LogP contribution in [0.15, 0.2) is 47.1 Å². The summed E-state index contributed by atoms with van der Waals surface area (Å²) in [4.78, 5) is 6.41. The third kappa shape index (κ3) is 3.23. The molecule has 18 heavy (non-hydrogen) atoms. The van der Waals surface area contributed by atoms with Gasteiger partial charge in [0.25, 0.3) is 0 Å². The Labute approximate surface area is 116 Å². The van der Waals surface area contributed by atoms with Crippen LogP contribution in [0.25, 0.3) is 0 Å². The van der Waals surface area contributed by atoms with Crippen LogP contribution in [0.3, 0.4) is 0 Å². The van der Waals surface area contributed by atoms with Crippen LogP contribution in [-0.4, -0.2) is 19.1 Å². The number of halogens is 1. The molecule has 0 atom stereocenters. The zero-order valence-electron chi connectivity index (χ0n) is 10.5. The number of nitrogens with zero attached hydrogens (tertiary/aromatic N) is 2. The van der Waals surface area contributed by atoms with Gasteiger partial charge in [-0.1, -0.05) is 28.1 Å². The van der Waals surface area contributed by atoms with Gasteiger partial charge in [-0.05, 0) is 23.8 Å². The van der Waals surface area contributed by atoms with Gasteiger partial charge >= 0.3 is 0 Å². The zero-order valence-corrected chi connectivity index (χ0v) is 12.1. The Morgan fingerprint density at radius 2 is 2.11 bits per heavy atom. The van der Waals surface area contributed by atoms with Crippen LogP contribution in [0.5, 0.6) is 0 Å². The molecule has 1 aromatic heterocycles. The van der Waals surface area contributed by atoms with E-state index in [4.69, 9.17) is 0 Å². The zero-order chi connectivity index (χ0) is 13.0. The molecular formula is C14H16BrN3. The lowest BCUT2D eigenvalue weighted by Gasteiger charge is -2.20.